The molecule has 0 atom stereocenters. The lowest BCUT2D eigenvalue weighted by molar-refractivity contribution is -0.128. The Morgan fingerprint density at radius 1 is 0.917 bits per heavy atom. The Morgan fingerprint density at radius 3 is 2.25 bits per heavy atom. The van der Waals surface area contributed by atoms with E-state index in [1.54, 1.807) is 30.3 Å². The van der Waals surface area contributed by atoms with E-state index >= 15 is 0 Å². The van der Waals surface area contributed by atoms with Crippen molar-refractivity contribution in [2.75, 3.05) is 0 Å². The minimum Gasteiger partial charge on any atom is -0.244 e. The van der Waals surface area contributed by atoms with Crippen molar-refractivity contribution >= 4 is 0 Å². The maximum atomic E-state index is 14.0. The van der Waals surface area contributed by atoms with Crippen LogP contribution in [-0.4, -0.2) is 21.2 Å². The molecule has 24 heavy (non-hydrogen) atoms. The third-order valence-corrected chi connectivity index (χ3v) is 3.51. The Balaban J connectivity index is 2.05. The van der Waals surface area contributed by atoms with Gasteiger partial charge in [-0.25, -0.2) is 9.07 Å². The fourth-order valence-corrected chi connectivity index (χ4v) is 2.44. The maximum Gasteiger partial charge on any atom is 0.394 e. The highest BCUT2D eigenvalue weighted by molar-refractivity contribution is 5.62. The molecule has 7 heteroatoms. The molecule has 0 bridgehead atoms. The van der Waals surface area contributed by atoms with Crippen molar-refractivity contribution in [1.82, 2.24) is 15.0 Å². The van der Waals surface area contributed by atoms with Gasteiger partial charge in [-0.3, -0.25) is 0 Å². The molecule has 3 nitrogen and oxygen atoms in total. The van der Waals surface area contributed by atoms with Crippen LogP contribution in [0.5, 0.6) is 0 Å². The second kappa shape index (κ2) is 6.43. The van der Waals surface area contributed by atoms with Gasteiger partial charge in [-0.05, 0) is 17.7 Å². The van der Waals surface area contributed by atoms with Gasteiger partial charge in [0.05, 0.1) is 18.7 Å². The summed E-state index contributed by atoms with van der Waals surface area (Å²) in [5.41, 5.74) is 0.555. The number of benzene rings is 2. The van der Waals surface area contributed by atoms with Gasteiger partial charge in [0, 0.05) is 5.56 Å². The van der Waals surface area contributed by atoms with Crippen LogP contribution < -0.4 is 0 Å². The summed E-state index contributed by atoms with van der Waals surface area (Å²) in [6.07, 6.45) is -5.67. The van der Waals surface area contributed by atoms with Gasteiger partial charge >= 0.3 is 6.18 Å². The molecule has 1 heterocycles. The first-order valence-corrected chi connectivity index (χ1v) is 7.22. The molecule has 0 aliphatic rings. The molecule has 0 saturated heterocycles. The molecule has 0 aliphatic carbocycles. The molecule has 124 valence electrons. The van der Waals surface area contributed by atoms with Crippen molar-refractivity contribution in [3.05, 3.63) is 71.7 Å². The molecule has 0 radical (unpaired) electrons. The van der Waals surface area contributed by atoms with Crippen LogP contribution >= 0.6 is 0 Å². The Morgan fingerprint density at radius 2 is 1.58 bits per heavy atom. The molecule has 0 N–H and O–H groups in total. The van der Waals surface area contributed by atoms with Gasteiger partial charge in [0.1, 0.15) is 11.5 Å². The second-order valence-corrected chi connectivity index (χ2v) is 5.30. The zero-order valence-corrected chi connectivity index (χ0v) is 12.5. The minimum atomic E-state index is -4.45. The van der Waals surface area contributed by atoms with Crippen LogP contribution in [0, 0.1) is 5.82 Å². The average molecular weight is 335 g/mol. The van der Waals surface area contributed by atoms with E-state index in [4.69, 9.17) is 0 Å². The molecule has 0 fully saturated rings. The van der Waals surface area contributed by atoms with E-state index in [2.05, 4.69) is 10.3 Å². The Bertz CT molecular complexity index is 825. The molecular weight excluding hydrogens is 322 g/mol. The summed E-state index contributed by atoms with van der Waals surface area (Å²) < 4.78 is 54.1. The number of halogens is 4. The van der Waals surface area contributed by atoms with Crippen molar-refractivity contribution in [2.24, 2.45) is 0 Å². The lowest BCUT2D eigenvalue weighted by Gasteiger charge is -2.11. The molecule has 1 aromatic heterocycles. The number of alkyl halides is 3. The second-order valence-electron chi connectivity index (χ2n) is 5.30. The number of hydrogen-bond acceptors (Lipinski definition) is 2. The number of rotatable bonds is 4. The smallest absolute Gasteiger partial charge is 0.244 e. The first-order valence-electron chi connectivity index (χ1n) is 7.22. The zero-order valence-electron chi connectivity index (χ0n) is 12.5. The minimum absolute atomic E-state index is 0.0102. The standard InChI is InChI=1S/C17H13F4N3/c18-14-9-5-4-8-13(14)16-15(10-17(19,20)21)24(23-22-16)11-12-6-2-1-3-7-12/h1-9H,10-11H2. The van der Waals surface area contributed by atoms with Crippen LogP contribution in [0.4, 0.5) is 17.6 Å². The fraction of sp³-hybridized carbons (Fsp3) is 0.176. The number of nitrogens with zero attached hydrogens (tertiary/aromatic N) is 3. The first kappa shape index (κ1) is 16.2. The van der Waals surface area contributed by atoms with E-state index in [1.807, 2.05) is 6.07 Å². The van der Waals surface area contributed by atoms with E-state index in [-0.39, 0.29) is 23.5 Å². The van der Waals surface area contributed by atoms with E-state index in [0.29, 0.717) is 0 Å². The maximum absolute atomic E-state index is 14.0. The van der Waals surface area contributed by atoms with Crippen molar-refractivity contribution in [3.63, 3.8) is 0 Å². The third kappa shape index (κ3) is 3.61. The Labute approximate surface area is 135 Å². The lowest BCUT2D eigenvalue weighted by atomic mass is 10.1. The molecule has 0 amide bonds. The third-order valence-electron chi connectivity index (χ3n) is 3.51. The topological polar surface area (TPSA) is 30.7 Å². The average Bonchev–Trinajstić information content (AvgIpc) is 2.90. The van der Waals surface area contributed by atoms with Gasteiger partial charge in [0.25, 0.3) is 0 Å². The van der Waals surface area contributed by atoms with E-state index in [9.17, 15) is 17.6 Å². The largest absolute Gasteiger partial charge is 0.394 e. The molecule has 3 rings (SSSR count). The van der Waals surface area contributed by atoms with Crippen LogP contribution in [-0.2, 0) is 13.0 Å². The van der Waals surface area contributed by atoms with Crippen molar-refractivity contribution in [2.45, 2.75) is 19.1 Å². The summed E-state index contributed by atoms with van der Waals surface area (Å²) in [5, 5.41) is 7.61. The predicted octanol–water partition coefficient (Wildman–Crippen LogP) is 4.24. The van der Waals surface area contributed by atoms with Crippen LogP contribution in [0.2, 0.25) is 0 Å². The molecule has 2 aromatic carbocycles. The molecule has 3 aromatic rings. The summed E-state index contributed by atoms with van der Waals surface area (Å²) in [4.78, 5) is 0. The van der Waals surface area contributed by atoms with E-state index < -0.39 is 18.4 Å². The van der Waals surface area contributed by atoms with Gasteiger partial charge in [0.2, 0.25) is 0 Å². The number of hydrogen-bond donors (Lipinski definition) is 0. The zero-order chi connectivity index (χ0) is 17.2. The van der Waals surface area contributed by atoms with Gasteiger partial charge in [-0.2, -0.15) is 13.2 Å². The summed E-state index contributed by atoms with van der Waals surface area (Å²) in [6.45, 7) is 0.133. The van der Waals surface area contributed by atoms with Gasteiger partial charge < -0.3 is 0 Å². The monoisotopic (exact) mass is 335 g/mol. The predicted molar refractivity (Wildman–Crippen MR) is 80.7 cm³/mol. The van der Waals surface area contributed by atoms with Gasteiger partial charge in [-0.15, -0.1) is 5.10 Å². The van der Waals surface area contributed by atoms with Crippen molar-refractivity contribution < 1.29 is 17.6 Å². The number of aromatic nitrogens is 3. The highest BCUT2D eigenvalue weighted by Crippen LogP contribution is 2.29. The Hall–Kier alpha value is -2.70. The highest BCUT2D eigenvalue weighted by atomic mass is 19.4. The van der Waals surface area contributed by atoms with E-state index in [0.717, 1.165) is 5.56 Å². The molecule has 0 aliphatic heterocycles. The summed E-state index contributed by atoms with van der Waals surface area (Å²) in [6, 6.07) is 14.5. The van der Waals surface area contributed by atoms with Crippen LogP contribution in [0.3, 0.4) is 0 Å². The molecular formula is C17H13F4N3. The normalized spacial score (nSPS) is 11.7. The van der Waals surface area contributed by atoms with Crippen LogP contribution in [0.15, 0.2) is 54.6 Å². The lowest BCUT2D eigenvalue weighted by Crippen LogP contribution is -2.17. The molecule has 0 unspecified atom stereocenters. The van der Waals surface area contributed by atoms with Gasteiger partial charge in [-0.1, -0.05) is 47.7 Å². The Kier molecular flexibility index (Phi) is 4.33. The summed E-state index contributed by atoms with van der Waals surface area (Å²) in [7, 11) is 0. The quantitative estimate of drug-likeness (QED) is 0.668. The summed E-state index contributed by atoms with van der Waals surface area (Å²) >= 11 is 0. The fourth-order valence-electron chi connectivity index (χ4n) is 2.44. The highest BCUT2D eigenvalue weighted by Gasteiger charge is 2.32. The molecule has 0 saturated carbocycles. The van der Waals surface area contributed by atoms with Crippen molar-refractivity contribution in [1.29, 1.82) is 0 Å². The van der Waals surface area contributed by atoms with Crippen LogP contribution in [0.1, 0.15) is 11.3 Å². The van der Waals surface area contributed by atoms with Crippen molar-refractivity contribution in [3.8, 4) is 11.3 Å². The van der Waals surface area contributed by atoms with Gasteiger partial charge in [0.15, 0.2) is 0 Å². The first-order chi connectivity index (χ1) is 11.4. The summed E-state index contributed by atoms with van der Waals surface area (Å²) in [5.74, 6) is -0.632. The molecule has 0 spiro atoms. The SMILES string of the molecule is Fc1ccccc1-c1nnn(Cc2ccccc2)c1CC(F)(F)F. The van der Waals surface area contributed by atoms with Crippen LogP contribution in [0.25, 0.3) is 11.3 Å². The van der Waals surface area contributed by atoms with E-state index in [1.165, 1.54) is 22.9 Å².